The molecule has 30 heavy (non-hydrogen) atoms. The Morgan fingerprint density at radius 3 is 2.63 bits per heavy atom. The van der Waals surface area contributed by atoms with Crippen LogP contribution in [0.5, 0.6) is 0 Å². The van der Waals surface area contributed by atoms with Gasteiger partial charge in [0.2, 0.25) is 5.91 Å². The van der Waals surface area contributed by atoms with Gasteiger partial charge in [-0.2, -0.15) is 5.10 Å². The largest absolute Gasteiger partial charge is 0.352 e. The van der Waals surface area contributed by atoms with Gasteiger partial charge in [0.1, 0.15) is 0 Å². The Bertz CT molecular complexity index is 797. The molecule has 2 aliphatic heterocycles. The van der Waals surface area contributed by atoms with Crippen LogP contribution in [-0.2, 0) is 24.4 Å². The quantitative estimate of drug-likeness (QED) is 0.764. The fourth-order valence-electron chi connectivity index (χ4n) is 4.84. The van der Waals surface area contributed by atoms with Crippen LogP contribution in [0.4, 0.5) is 0 Å². The second kappa shape index (κ2) is 10.2. The lowest BCUT2D eigenvalue weighted by Gasteiger charge is -2.42. The molecule has 0 unspecified atom stereocenters. The lowest BCUT2D eigenvalue weighted by molar-refractivity contribution is -0.127. The summed E-state index contributed by atoms with van der Waals surface area (Å²) in [6.07, 6.45) is 8.39. The van der Waals surface area contributed by atoms with Gasteiger partial charge in [-0.25, -0.2) is 0 Å². The van der Waals surface area contributed by atoms with E-state index in [1.165, 1.54) is 18.4 Å². The monoisotopic (exact) mass is 409 g/mol. The molecule has 0 spiro atoms. The first-order valence-corrected chi connectivity index (χ1v) is 11.5. The normalized spacial score (nSPS) is 21.6. The van der Waals surface area contributed by atoms with Gasteiger partial charge in [0.15, 0.2) is 0 Å². The second-order valence-corrected chi connectivity index (χ2v) is 8.75. The van der Waals surface area contributed by atoms with Gasteiger partial charge in [0.25, 0.3) is 0 Å². The van der Waals surface area contributed by atoms with Crippen molar-refractivity contribution in [2.24, 2.45) is 5.92 Å². The molecule has 162 valence electrons. The van der Waals surface area contributed by atoms with E-state index in [1.54, 1.807) is 0 Å². The average Bonchev–Trinajstić information content (AvgIpc) is 3.27. The molecule has 0 bridgehead atoms. The zero-order chi connectivity index (χ0) is 20.8. The standard InChI is InChI=1S/C24H35N5O/c1-2-29-18-21(16-26-29)15-25-24(30)22-9-6-12-28(19-22)23-10-13-27(14-11-23)17-20-7-4-3-5-8-20/h3-5,7-8,16,18,22-23H,2,6,9-15,17,19H2,1H3,(H,25,30)/t22-/m1/s1. The molecule has 2 saturated heterocycles. The van der Waals surface area contributed by atoms with E-state index in [9.17, 15) is 4.79 Å². The molecule has 1 aromatic carbocycles. The molecule has 1 N–H and O–H groups in total. The number of hydrogen-bond acceptors (Lipinski definition) is 4. The molecule has 0 saturated carbocycles. The highest BCUT2D eigenvalue weighted by atomic mass is 16.1. The summed E-state index contributed by atoms with van der Waals surface area (Å²) < 4.78 is 1.90. The maximum absolute atomic E-state index is 12.8. The van der Waals surface area contributed by atoms with Crippen molar-refractivity contribution in [3.8, 4) is 0 Å². The number of nitrogens with zero attached hydrogens (tertiary/aromatic N) is 4. The first-order valence-electron chi connectivity index (χ1n) is 11.5. The van der Waals surface area contributed by atoms with E-state index in [0.717, 1.165) is 57.7 Å². The summed E-state index contributed by atoms with van der Waals surface area (Å²) in [6.45, 7) is 8.89. The molecule has 3 heterocycles. The predicted molar refractivity (Wildman–Crippen MR) is 119 cm³/mol. The van der Waals surface area contributed by atoms with Gasteiger partial charge in [-0.15, -0.1) is 0 Å². The van der Waals surface area contributed by atoms with Crippen molar-refractivity contribution in [2.45, 2.75) is 58.3 Å². The number of nitrogens with one attached hydrogen (secondary N) is 1. The third-order valence-corrected chi connectivity index (χ3v) is 6.62. The van der Waals surface area contributed by atoms with E-state index in [-0.39, 0.29) is 11.8 Å². The Kier molecular flexibility index (Phi) is 7.18. The molecule has 0 aliphatic carbocycles. The van der Waals surface area contributed by atoms with E-state index in [1.807, 2.05) is 17.1 Å². The van der Waals surface area contributed by atoms with E-state index >= 15 is 0 Å². The van der Waals surface area contributed by atoms with Gasteiger partial charge in [-0.3, -0.25) is 19.3 Å². The van der Waals surface area contributed by atoms with Gasteiger partial charge >= 0.3 is 0 Å². The second-order valence-electron chi connectivity index (χ2n) is 8.75. The minimum Gasteiger partial charge on any atom is -0.352 e. The van der Waals surface area contributed by atoms with E-state index in [2.05, 4.69) is 57.5 Å². The van der Waals surface area contributed by atoms with Crippen molar-refractivity contribution in [1.82, 2.24) is 24.9 Å². The molecule has 4 rings (SSSR count). The van der Waals surface area contributed by atoms with Gasteiger partial charge in [-0.05, 0) is 57.8 Å². The summed E-state index contributed by atoms with van der Waals surface area (Å²) in [5, 5.41) is 7.42. The van der Waals surface area contributed by atoms with Crippen molar-refractivity contribution in [2.75, 3.05) is 26.2 Å². The third kappa shape index (κ3) is 5.49. The first-order chi connectivity index (χ1) is 14.7. The molecule has 2 aromatic rings. The minimum absolute atomic E-state index is 0.113. The van der Waals surface area contributed by atoms with E-state index in [4.69, 9.17) is 0 Å². The molecule has 0 radical (unpaired) electrons. The number of rotatable bonds is 7. The summed E-state index contributed by atoms with van der Waals surface area (Å²) in [7, 11) is 0. The lowest BCUT2D eigenvalue weighted by atomic mass is 9.93. The van der Waals surface area contributed by atoms with Gasteiger partial charge < -0.3 is 5.32 Å². The number of aromatic nitrogens is 2. The van der Waals surface area contributed by atoms with E-state index in [0.29, 0.717) is 12.6 Å². The van der Waals surface area contributed by atoms with Crippen LogP contribution in [0, 0.1) is 5.92 Å². The van der Waals surface area contributed by atoms with E-state index < -0.39 is 0 Å². The number of carbonyl (C=O) groups is 1. The number of carbonyl (C=O) groups excluding carboxylic acids is 1. The predicted octanol–water partition coefficient (Wildman–Crippen LogP) is 2.90. The zero-order valence-corrected chi connectivity index (χ0v) is 18.2. The smallest absolute Gasteiger partial charge is 0.224 e. The highest BCUT2D eigenvalue weighted by Crippen LogP contribution is 2.24. The molecule has 1 atom stereocenters. The van der Waals surface area contributed by atoms with Crippen molar-refractivity contribution in [1.29, 1.82) is 0 Å². The van der Waals surface area contributed by atoms with Crippen LogP contribution in [-0.4, -0.2) is 57.7 Å². The van der Waals surface area contributed by atoms with Crippen molar-refractivity contribution in [3.05, 3.63) is 53.9 Å². The molecule has 1 aromatic heterocycles. The Hall–Kier alpha value is -2.18. The van der Waals surface area contributed by atoms with Crippen LogP contribution in [0.3, 0.4) is 0 Å². The number of amides is 1. The Labute approximate surface area is 180 Å². The van der Waals surface area contributed by atoms with Gasteiger partial charge in [0.05, 0.1) is 12.1 Å². The third-order valence-electron chi connectivity index (χ3n) is 6.62. The molecular formula is C24H35N5O. The highest BCUT2D eigenvalue weighted by Gasteiger charge is 2.31. The molecule has 6 nitrogen and oxygen atoms in total. The molecule has 2 fully saturated rings. The fourth-order valence-corrected chi connectivity index (χ4v) is 4.84. The summed E-state index contributed by atoms with van der Waals surface area (Å²) in [6, 6.07) is 11.4. The van der Waals surface area contributed by atoms with Crippen LogP contribution in [0.15, 0.2) is 42.7 Å². The number of aryl methyl sites for hydroxylation is 1. The summed E-state index contributed by atoms with van der Waals surface area (Å²) in [5.41, 5.74) is 2.47. The van der Waals surface area contributed by atoms with Crippen LogP contribution in [0.2, 0.25) is 0 Å². The van der Waals surface area contributed by atoms with Gasteiger partial charge in [-0.1, -0.05) is 30.3 Å². The summed E-state index contributed by atoms with van der Waals surface area (Å²) in [4.78, 5) is 17.9. The average molecular weight is 410 g/mol. The first kappa shape index (κ1) is 21.1. The topological polar surface area (TPSA) is 53.4 Å². The van der Waals surface area contributed by atoms with Crippen molar-refractivity contribution < 1.29 is 4.79 Å². The van der Waals surface area contributed by atoms with Gasteiger partial charge in [0, 0.05) is 44.0 Å². The Morgan fingerprint density at radius 1 is 1.10 bits per heavy atom. The summed E-state index contributed by atoms with van der Waals surface area (Å²) in [5.74, 6) is 0.313. The van der Waals surface area contributed by atoms with Crippen molar-refractivity contribution in [3.63, 3.8) is 0 Å². The molecule has 1 amide bonds. The van der Waals surface area contributed by atoms with Crippen molar-refractivity contribution >= 4 is 5.91 Å². The number of benzene rings is 1. The molecule has 6 heteroatoms. The van der Waals surface area contributed by atoms with Crippen LogP contribution < -0.4 is 5.32 Å². The number of hydrogen-bond donors (Lipinski definition) is 1. The van der Waals surface area contributed by atoms with Crippen LogP contribution in [0.1, 0.15) is 43.7 Å². The maximum Gasteiger partial charge on any atom is 0.224 e. The SMILES string of the molecule is CCn1cc(CNC(=O)[C@@H]2CCCN(C3CCN(Cc4ccccc4)CC3)C2)cn1. The minimum atomic E-state index is 0.113. The number of piperidine rings is 2. The number of likely N-dealkylation sites (tertiary alicyclic amines) is 2. The van der Waals surface area contributed by atoms with Crippen LogP contribution in [0.25, 0.3) is 0 Å². The highest BCUT2D eigenvalue weighted by molar-refractivity contribution is 5.78. The Morgan fingerprint density at radius 2 is 1.90 bits per heavy atom. The molecular weight excluding hydrogens is 374 g/mol. The summed E-state index contributed by atoms with van der Waals surface area (Å²) >= 11 is 0. The zero-order valence-electron chi connectivity index (χ0n) is 18.2. The Balaban J connectivity index is 1.22. The van der Waals surface area contributed by atoms with Crippen LogP contribution >= 0.6 is 0 Å². The maximum atomic E-state index is 12.8. The fraction of sp³-hybridized carbons (Fsp3) is 0.583. The molecule has 2 aliphatic rings. The lowest BCUT2D eigenvalue weighted by Crippen LogP contribution is -2.50.